The van der Waals surface area contributed by atoms with Crippen LogP contribution in [-0.4, -0.2) is 49.4 Å². The molecule has 1 aromatic heterocycles. The summed E-state index contributed by atoms with van der Waals surface area (Å²) >= 11 is 0. The van der Waals surface area contributed by atoms with Crippen molar-refractivity contribution < 1.29 is 32.2 Å². The van der Waals surface area contributed by atoms with E-state index in [1.165, 1.54) is 12.1 Å². The fourth-order valence-corrected chi connectivity index (χ4v) is 3.47. The second-order valence-electron chi connectivity index (χ2n) is 7.92. The summed E-state index contributed by atoms with van der Waals surface area (Å²) in [6.07, 6.45) is -2.82. The average molecular weight is 504 g/mol. The van der Waals surface area contributed by atoms with Gasteiger partial charge in [0, 0.05) is 32.0 Å². The molecule has 0 fully saturated rings. The maximum Gasteiger partial charge on any atom is 0.416 e. The molecule has 0 spiro atoms. The van der Waals surface area contributed by atoms with Gasteiger partial charge in [0.2, 0.25) is 5.95 Å². The lowest BCUT2D eigenvalue weighted by atomic mass is 10.1. The second-order valence-corrected chi connectivity index (χ2v) is 7.92. The molecule has 0 saturated heterocycles. The van der Waals surface area contributed by atoms with E-state index in [1.807, 2.05) is 24.0 Å². The fourth-order valence-electron chi connectivity index (χ4n) is 3.47. The van der Waals surface area contributed by atoms with Gasteiger partial charge >= 0.3 is 12.1 Å². The summed E-state index contributed by atoms with van der Waals surface area (Å²) in [5.74, 6) is 0.567. The molecule has 1 heterocycles. The summed E-state index contributed by atoms with van der Waals surface area (Å²) in [4.78, 5) is 22.5. The summed E-state index contributed by atoms with van der Waals surface area (Å²) in [6.45, 7) is 5.11. The lowest BCUT2D eigenvalue weighted by Crippen LogP contribution is -2.28. The highest BCUT2D eigenvalue weighted by Gasteiger charge is 2.30. The molecule has 36 heavy (non-hydrogen) atoms. The number of ether oxygens (including phenoxy) is 3. The van der Waals surface area contributed by atoms with Gasteiger partial charge in [0.25, 0.3) is 0 Å². The Morgan fingerprint density at radius 2 is 1.83 bits per heavy atom. The first-order valence-corrected chi connectivity index (χ1v) is 11.3. The largest absolute Gasteiger partial charge is 0.482 e. The maximum atomic E-state index is 12.9. The number of methoxy groups -OCH3 is 1. The van der Waals surface area contributed by atoms with E-state index in [2.05, 4.69) is 9.97 Å². The third kappa shape index (κ3) is 7.42. The first-order valence-electron chi connectivity index (χ1n) is 11.3. The lowest BCUT2D eigenvalue weighted by molar-refractivity contribution is -0.145. The summed E-state index contributed by atoms with van der Waals surface area (Å²) in [5.41, 5.74) is 2.15. The highest BCUT2D eigenvalue weighted by atomic mass is 19.4. The summed E-state index contributed by atoms with van der Waals surface area (Å²) in [6, 6.07) is 12.1. The van der Waals surface area contributed by atoms with Gasteiger partial charge in [-0.05, 0) is 49.2 Å². The molecular formula is C26H28F3N3O4. The van der Waals surface area contributed by atoms with E-state index in [-0.39, 0.29) is 6.61 Å². The van der Waals surface area contributed by atoms with E-state index in [9.17, 15) is 18.0 Å². The van der Waals surface area contributed by atoms with Crippen LogP contribution in [0.4, 0.5) is 19.1 Å². The van der Waals surface area contributed by atoms with Crippen LogP contribution in [0.5, 0.6) is 5.75 Å². The predicted molar refractivity (Wildman–Crippen MR) is 129 cm³/mol. The zero-order valence-electron chi connectivity index (χ0n) is 20.3. The third-order valence-electron chi connectivity index (χ3n) is 5.26. The molecule has 2 aromatic carbocycles. The quantitative estimate of drug-likeness (QED) is 0.339. The van der Waals surface area contributed by atoms with Crippen LogP contribution in [0.25, 0.3) is 11.3 Å². The van der Waals surface area contributed by atoms with Gasteiger partial charge in [-0.15, -0.1) is 0 Å². The molecule has 10 heteroatoms. The van der Waals surface area contributed by atoms with E-state index >= 15 is 0 Å². The van der Waals surface area contributed by atoms with E-state index in [0.29, 0.717) is 49.3 Å². The van der Waals surface area contributed by atoms with E-state index in [1.54, 1.807) is 32.4 Å². The Morgan fingerprint density at radius 1 is 1.08 bits per heavy atom. The van der Waals surface area contributed by atoms with Gasteiger partial charge in [-0.2, -0.15) is 13.2 Å². The molecule has 192 valence electrons. The van der Waals surface area contributed by atoms with Crippen LogP contribution >= 0.6 is 0 Å². The molecule has 7 nitrogen and oxygen atoms in total. The normalized spacial score (nSPS) is 11.3. The highest BCUT2D eigenvalue weighted by molar-refractivity contribution is 5.71. The number of carbonyl (C=O) groups excluding carboxylic acids is 1. The van der Waals surface area contributed by atoms with Crippen LogP contribution in [0.15, 0.2) is 54.7 Å². The second kappa shape index (κ2) is 12.3. The molecule has 0 unspecified atom stereocenters. The molecule has 3 rings (SSSR count). The molecule has 0 aliphatic heterocycles. The highest BCUT2D eigenvalue weighted by Crippen LogP contribution is 2.31. The van der Waals surface area contributed by atoms with Crippen molar-refractivity contribution in [1.29, 1.82) is 0 Å². The van der Waals surface area contributed by atoms with Crippen molar-refractivity contribution in [2.24, 2.45) is 0 Å². The molecule has 0 saturated carbocycles. The zero-order chi connectivity index (χ0) is 26.1. The molecule has 0 N–H and O–H groups in total. The minimum atomic E-state index is -4.40. The van der Waals surface area contributed by atoms with E-state index in [4.69, 9.17) is 14.2 Å². The van der Waals surface area contributed by atoms with Gasteiger partial charge in [0.05, 0.1) is 24.5 Å². The van der Waals surface area contributed by atoms with Crippen LogP contribution in [0.1, 0.15) is 23.6 Å². The van der Waals surface area contributed by atoms with Crippen LogP contribution < -0.4 is 9.64 Å². The first kappa shape index (κ1) is 26.9. The topological polar surface area (TPSA) is 73.8 Å². The number of benzene rings is 2. The fraction of sp³-hybridized carbons (Fsp3) is 0.346. The predicted octanol–water partition coefficient (Wildman–Crippen LogP) is 5.07. The number of alkyl halides is 3. The lowest BCUT2D eigenvalue weighted by Gasteiger charge is -2.23. The van der Waals surface area contributed by atoms with Crippen molar-refractivity contribution in [2.45, 2.75) is 26.6 Å². The van der Waals surface area contributed by atoms with Crippen LogP contribution in [0, 0.1) is 6.92 Å². The Kier molecular flexibility index (Phi) is 9.24. The molecular weight excluding hydrogens is 475 g/mol. The van der Waals surface area contributed by atoms with Crippen molar-refractivity contribution in [3.63, 3.8) is 0 Å². The number of hydrogen-bond donors (Lipinski definition) is 0. The average Bonchev–Trinajstić information content (AvgIpc) is 2.86. The van der Waals surface area contributed by atoms with Crippen LogP contribution in [0.2, 0.25) is 0 Å². The molecule has 0 aliphatic carbocycles. The van der Waals surface area contributed by atoms with Crippen molar-refractivity contribution in [1.82, 2.24) is 9.97 Å². The number of carbonyl (C=O) groups is 1. The SMILES string of the molecule is CCOC(=O)COc1ccc(CN(CCOC)c2nccc(-c3ccc(C(F)(F)F)cc3)n2)cc1C. The Labute approximate surface area is 207 Å². The van der Waals surface area contributed by atoms with E-state index < -0.39 is 17.7 Å². The van der Waals surface area contributed by atoms with Gasteiger partial charge in [-0.3, -0.25) is 0 Å². The Bertz CT molecular complexity index is 1150. The number of hydrogen-bond acceptors (Lipinski definition) is 7. The number of esters is 1. The Balaban J connectivity index is 1.78. The minimum Gasteiger partial charge on any atom is -0.482 e. The van der Waals surface area contributed by atoms with Crippen molar-refractivity contribution in [2.75, 3.05) is 38.4 Å². The number of halogens is 3. The van der Waals surface area contributed by atoms with Crippen molar-refractivity contribution in [3.8, 4) is 17.0 Å². The maximum absolute atomic E-state index is 12.9. The third-order valence-corrected chi connectivity index (χ3v) is 5.26. The van der Waals surface area contributed by atoms with Crippen molar-refractivity contribution >= 4 is 11.9 Å². The van der Waals surface area contributed by atoms with Gasteiger partial charge < -0.3 is 19.1 Å². The Hall–Kier alpha value is -3.66. The number of anilines is 1. The van der Waals surface area contributed by atoms with E-state index in [0.717, 1.165) is 23.3 Å². The molecule has 0 atom stereocenters. The number of nitrogens with zero attached hydrogens (tertiary/aromatic N) is 3. The molecule has 0 radical (unpaired) electrons. The molecule has 3 aromatic rings. The first-order chi connectivity index (χ1) is 17.2. The summed E-state index contributed by atoms with van der Waals surface area (Å²) < 4.78 is 54.4. The van der Waals surface area contributed by atoms with Gasteiger partial charge in [-0.1, -0.05) is 24.3 Å². The van der Waals surface area contributed by atoms with Gasteiger partial charge in [0.15, 0.2) is 6.61 Å². The minimum absolute atomic E-state index is 0.168. The van der Waals surface area contributed by atoms with Gasteiger partial charge in [-0.25, -0.2) is 14.8 Å². The number of rotatable bonds is 11. The molecule has 0 aliphatic rings. The van der Waals surface area contributed by atoms with Crippen molar-refractivity contribution in [3.05, 3.63) is 71.4 Å². The standard InChI is InChI=1S/C26H28F3N3O4/c1-4-35-24(33)17-36-23-10-5-19(15-18(23)2)16-32(13-14-34-3)25-30-12-11-22(31-25)20-6-8-21(9-7-20)26(27,28)29/h5-12,15H,4,13-14,16-17H2,1-3H3. The summed E-state index contributed by atoms with van der Waals surface area (Å²) in [5, 5.41) is 0. The van der Waals surface area contributed by atoms with Gasteiger partial charge in [0.1, 0.15) is 5.75 Å². The number of aryl methyl sites for hydroxylation is 1. The smallest absolute Gasteiger partial charge is 0.416 e. The monoisotopic (exact) mass is 503 g/mol. The Morgan fingerprint density at radius 3 is 2.47 bits per heavy atom. The zero-order valence-corrected chi connectivity index (χ0v) is 20.3. The summed E-state index contributed by atoms with van der Waals surface area (Å²) in [7, 11) is 1.59. The van der Waals surface area contributed by atoms with Crippen LogP contribution in [0.3, 0.4) is 0 Å². The molecule has 0 bridgehead atoms. The molecule has 0 amide bonds. The van der Waals surface area contributed by atoms with Crippen LogP contribution in [-0.2, 0) is 27.0 Å². The number of aromatic nitrogens is 2.